The van der Waals surface area contributed by atoms with Crippen molar-refractivity contribution < 1.29 is 22.6 Å². The van der Waals surface area contributed by atoms with Gasteiger partial charge in [0.15, 0.2) is 11.5 Å². The molecular formula is C16H18BrNO5S. The van der Waals surface area contributed by atoms with Crippen LogP contribution in [0.1, 0.15) is 0 Å². The van der Waals surface area contributed by atoms with E-state index in [1.807, 2.05) is 12.1 Å². The first kappa shape index (κ1) is 18.6. The third-order valence-corrected chi connectivity index (χ3v) is 5.11. The molecule has 24 heavy (non-hydrogen) atoms. The molecule has 2 rings (SSSR count). The normalized spacial score (nSPS) is 11.1. The lowest BCUT2D eigenvalue weighted by Gasteiger charge is -2.13. The van der Waals surface area contributed by atoms with E-state index in [-0.39, 0.29) is 23.8 Å². The average molecular weight is 416 g/mol. The molecule has 0 radical (unpaired) electrons. The molecule has 1 N–H and O–H groups in total. The lowest BCUT2D eigenvalue weighted by Crippen LogP contribution is -2.28. The molecule has 2 aromatic carbocycles. The Morgan fingerprint density at radius 2 is 1.67 bits per heavy atom. The van der Waals surface area contributed by atoms with Crippen LogP contribution in [0.15, 0.2) is 51.8 Å². The smallest absolute Gasteiger partial charge is 0.244 e. The minimum Gasteiger partial charge on any atom is -0.495 e. The van der Waals surface area contributed by atoms with E-state index in [2.05, 4.69) is 20.7 Å². The SMILES string of the molecule is COc1ccccc1OCCNS(=O)(=O)c1cc(Br)ccc1OC. The summed E-state index contributed by atoms with van der Waals surface area (Å²) in [6, 6.07) is 12.0. The quantitative estimate of drug-likeness (QED) is 0.670. The van der Waals surface area contributed by atoms with Gasteiger partial charge < -0.3 is 14.2 Å². The number of rotatable bonds is 8. The van der Waals surface area contributed by atoms with Crippen LogP contribution in [-0.2, 0) is 10.0 Å². The summed E-state index contributed by atoms with van der Waals surface area (Å²) in [6.07, 6.45) is 0. The van der Waals surface area contributed by atoms with Gasteiger partial charge in [-0.2, -0.15) is 0 Å². The Bertz CT molecular complexity index is 795. The maximum absolute atomic E-state index is 12.4. The first-order valence-electron chi connectivity index (χ1n) is 7.07. The standard InChI is InChI=1S/C16H18BrNO5S/c1-21-13-5-3-4-6-14(13)23-10-9-18-24(19,20)16-11-12(17)7-8-15(16)22-2/h3-8,11,18H,9-10H2,1-2H3. The Labute approximate surface area is 149 Å². The number of benzene rings is 2. The van der Waals surface area contributed by atoms with Crippen molar-refractivity contribution >= 4 is 26.0 Å². The number of ether oxygens (including phenoxy) is 3. The van der Waals surface area contributed by atoms with Gasteiger partial charge in [0.2, 0.25) is 10.0 Å². The topological polar surface area (TPSA) is 73.9 Å². The molecular weight excluding hydrogens is 398 g/mol. The molecule has 2 aromatic rings. The van der Waals surface area contributed by atoms with Crippen molar-refractivity contribution in [3.8, 4) is 17.2 Å². The number of hydrogen-bond donors (Lipinski definition) is 1. The van der Waals surface area contributed by atoms with Crippen LogP contribution in [0.2, 0.25) is 0 Å². The van der Waals surface area contributed by atoms with Crippen molar-refractivity contribution in [3.05, 3.63) is 46.9 Å². The molecule has 0 saturated heterocycles. The number of nitrogens with one attached hydrogen (secondary N) is 1. The molecule has 8 heteroatoms. The Kier molecular flexibility index (Phi) is 6.47. The predicted octanol–water partition coefficient (Wildman–Crippen LogP) is 2.82. The van der Waals surface area contributed by atoms with Gasteiger partial charge in [0.25, 0.3) is 0 Å². The summed E-state index contributed by atoms with van der Waals surface area (Å²) in [5, 5.41) is 0. The summed E-state index contributed by atoms with van der Waals surface area (Å²) < 4.78 is 43.8. The van der Waals surface area contributed by atoms with Gasteiger partial charge in [0, 0.05) is 11.0 Å². The van der Waals surface area contributed by atoms with Crippen molar-refractivity contribution in [2.24, 2.45) is 0 Å². The third kappa shape index (κ3) is 4.62. The van der Waals surface area contributed by atoms with Crippen molar-refractivity contribution in [3.63, 3.8) is 0 Å². The van der Waals surface area contributed by atoms with Gasteiger partial charge in [-0.3, -0.25) is 0 Å². The van der Waals surface area contributed by atoms with E-state index in [1.54, 1.807) is 31.4 Å². The molecule has 0 saturated carbocycles. The fraction of sp³-hybridized carbons (Fsp3) is 0.250. The van der Waals surface area contributed by atoms with Crippen LogP contribution < -0.4 is 18.9 Å². The third-order valence-electron chi connectivity index (χ3n) is 3.14. The van der Waals surface area contributed by atoms with Crippen LogP contribution in [0, 0.1) is 0 Å². The van der Waals surface area contributed by atoms with E-state index in [0.717, 1.165) is 0 Å². The zero-order valence-electron chi connectivity index (χ0n) is 13.3. The summed E-state index contributed by atoms with van der Waals surface area (Å²) >= 11 is 3.26. The van der Waals surface area contributed by atoms with Crippen molar-refractivity contribution in [2.75, 3.05) is 27.4 Å². The molecule has 6 nitrogen and oxygen atoms in total. The van der Waals surface area contributed by atoms with Crippen molar-refractivity contribution in [1.29, 1.82) is 0 Å². The van der Waals surface area contributed by atoms with Gasteiger partial charge in [-0.15, -0.1) is 0 Å². The molecule has 0 aliphatic carbocycles. The molecule has 0 atom stereocenters. The number of methoxy groups -OCH3 is 2. The second-order valence-electron chi connectivity index (χ2n) is 4.69. The van der Waals surface area contributed by atoms with Crippen LogP contribution >= 0.6 is 15.9 Å². The van der Waals surface area contributed by atoms with Crippen molar-refractivity contribution in [2.45, 2.75) is 4.90 Å². The first-order valence-corrected chi connectivity index (χ1v) is 9.34. The summed E-state index contributed by atoms with van der Waals surface area (Å²) in [5.74, 6) is 1.42. The largest absolute Gasteiger partial charge is 0.495 e. The maximum Gasteiger partial charge on any atom is 0.244 e. The Hall–Kier alpha value is -1.77. The van der Waals surface area contributed by atoms with Gasteiger partial charge in [0.05, 0.1) is 14.2 Å². The highest BCUT2D eigenvalue weighted by atomic mass is 79.9. The molecule has 0 unspecified atom stereocenters. The number of hydrogen-bond acceptors (Lipinski definition) is 5. The fourth-order valence-corrected chi connectivity index (χ4v) is 3.73. The summed E-state index contributed by atoms with van der Waals surface area (Å²) in [6.45, 7) is 0.270. The van der Waals surface area contributed by atoms with Crippen LogP contribution in [0.3, 0.4) is 0 Å². The molecule has 0 aliphatic heterocycles. The second-order valence-corrected chi connectivity index (χ2v) is 7.34. The minimum absolute atomic E-state index is 0.0664. The van der Waals surface area contributed by atoms with Gasteiger partial charge in [-0.05, 0) is 30.3 Å². The lowest BCUT2D eigenvalue weighted by atomic mass is 10.3. The molecule has 0 heterocycles. The first-order chi connectivity index (χ1) is 11.5. The molecule has 130 valence electrons. The van der Waals surface area contributed by atoms with Crippen LogP contribution in [0.5, 0.6) is 17.2 Å². The van der Waals surface area contributed by atoms with E-state index in [4.69, 9.17) is 14.2 Å². The molecule has 0 aliphatic rings. The molecule has 0 fully saturated rings. The monoisotopic (exact) mass is 415 g/mol. The van der Waals surface area contributed by atoms with E-state index < -0.39 is 10.0 Å². The highest BCUT2D eigenvalue weighted by molar-refractivity contribution is 9.10. The molecule has 0 bridgehead atoms. The zero-order chi connectivity index (χ0) is 17.6. The Morgan fingerprint density at radius 1 is 1.00 bits per heavy atom. The van der Waals surface area contributed by atoms with E-state index in [0.29, 0.717) is 16.0 Å². The van der Waals surface area contributed by atoms with Crippen LogP contribution in [-0.4, -0.2) is 35.8 Å². The van der Waals surface area contributed by atoms with Crippen molar-refractivity contribution in [1.82, 2.24) is 4.72 Å². The molecule has 0 aromatic heterocycles. The summed E-state index contributed by atoms with van der Waals surface area (Å²) in [5.41, 5.74) is 0. The van der Waals surface area contributed by atoms with Gasteiger partial charge in [-0.1, -0.05) is 28.1 Å². The molecule has 0 amide bonds. The Balaban J connectivity index is 2.00. The van der Waals surface area contributed by atoms with Crippen LogP contribution in [0.4, 0.5) is 0 Å². The van der Waals surface area contributed by atoms with E-state index in [1.165, 1.54) is 13.2 Å². The highest BCUT2D eigenvalue weighted by Gasteiger charge is 2.19. The highest BCUT2D eigenvalue weighted by Crippen LogP contribution is 2.27. The van der Waals surface area contributed by atoms with Crippen LogP contribution in [0.25, 0.3) is 0 Å². The second kappa shape index (κ2) is 8.36. The van der Waals surface area contributed by atoms with Gasteiger partial charge in [-0.25, -0.2) is 13.1 Å². The zero-order valence-corrected chi connectivity index (χ0v) is 15.7. The summed E-state index contributed by atoms with van der Waals surface area (Å²) in [4.78, 5) is 0.0664. The predicted molar refractivity (Wildman–Crippen MR) is 94.4 cm³/mol. The van der Waals surface area contributed by atoms with E-state index >= 15 is 0 Å². The fourth-order valence-electron chi connectivity index (χ4n) is 2.01. The molecule has 0 spiro atoms. The van der Waals surface area contributed by atoms with Gasteiger partial charge >= 0.3 is 0 Å². The summed E-state index contributed by atoms with van der Waals surface area (Å²) in [7, 11) is -0.742. The minimum atomic E-state index is -3.71. The van der Waals surface area contributed by atoms with E-state index in [9.17, 15) is 8.42 Å². The number of para-hydroxylation sites is 2. The average Bonchev–Trinajstić information content (AvgIpc) is 2.59. The number of sulfonamides is 1. The lowest BCUT2D eigenvalue weighted by molar-refractivity contribution is 0.298. The Morgan fingerprint density at radius 3 is 2.33 bits per heavy atom. The maximum atomic E-state index is 12.4. The number of halogens is 1. The van der Waals surface area contributed by atoms with Gasteiger partial charge in [0.1, 0.15) is 17.3 Å².